The van der Waals surface area contributed by atoms with Gasteiger partial charge in [0, 0.05) is 24.3 Å². The molecular weight excluding hydrogens is 428 g/mol. The first kappa shape index (κ1) is 20.9. The highest BCUT2D eigenvalue weighted by atomic mass is 16.3. The summed E-state index contributed by atoms with van der Waals surface area (Å²) in [4.78, 5) is 25.8. The van der Waals surface area contributed by atoms with Gasteiger partial charge in [-0.15, -0.1) is 0 Å². The molecule has 0 spiro atoms. The monoisotopic (exact) mass is 454 g/mol. The summed E-state index contributed by atoms with van der Waals surface area (Å²) in [7, 11) is 0. The zero-order valence-corrected chi connectivity index (χ0v) is 18.8. The zero-order valence-electron chi connectivity index (χ0n) is 18.8. The standard InChI is InChI=1S/C27H26N4O3/c32-23-10-7-20-13-19(3-4-21(20)14-23)17-5-8-22(9-6-17)31-24(29-30-26(31)34)15-27(11-12-28-16-27)25(33)18-1-2-18/h3-10,13-14,18,28,32H,1-2,11-12,15-16H2,(H,30,34)/t27-/m0/s1. The van der Waals surface area contributed by atoms with Crippen molar-refractivity contribution in [1.29, 1.82) is 0 Å². The highest BCUT2D eigenvalue weighted by Crippen LogP contribution is 2.42. The molecule has 4 aromatic rings. The maximum absolute atomic E-state index is 13.1. The number of ketones is 1. The maximum atomic E-state index is 13.1. The van der Waals surface area contributed by atoms with E-state index < -0.39 is 5.41 Å². The number of aromatic nitrogens is 3. The molecule has 2 fully saturated rings. The normalized spacial score (nSPS) is 20.1. The van der Waals surface area contributed by atoms with Gasteiger partial charge in [-0.25, -0.2) is 14.5 Å². The third-order valence-electron chi connectivity index (χ3n) is 7.24. The van der Waals surface area contributed by atoms with Crippen LogP contribution in [0.2, 0.25) is 0 Å². The van der Waals surface area contributed by atoms with Crippen molar-refractivity contribution in [3.05, 3.63) is 77.0 Å². The average Bonchev–Trinajstić information content (AvgIpc) is 3.49. The molecule has 7 heteroatoms. The van der Waals surface area contributed by atoms with Crippen LogP contribution in [0.5, 0.6) is 5.75 Å². The number of hydrogen-bond donors (Lipinski definition) is 3. The summed E-state index contributed by atoms with van der Waals surface area (Å²) in [5.74, 6) is 1.34. The Balaban J connectivity index is 1.31. The van der Waals surface area contributed by atoms with Crippen LogP contribution in [0.25, 0.3) is 27.6 Å². The maximum Gasteiger partial charge on any atom is 0.347 e. The average molecular weight is 455 g/mol. The summed E-state index contributed by atoms with van der Waals surface area (Å²) < 4.78 is 1.59. The minimum absolute atomic E-state index is 0.171. The molecule has 1 aliphatic heterocycles. The predicted octanol–water partition coefficient (Wildman–Crippen LogP) is 3.59. The molecule has 1 aliphatic carbocycles. The predicted molar refractivity (Wildman–Crippen MR) is 130 cm³/mol. The van der Waals surface area contributed by atoms with Gasteiger partial charge in [-0.1, -0.05) is 30.3 Å². The van der Waals surface area contributed by atoms with E-state index in [1.165, 1.54) is 0 Å². The number of nitrogens with one attached hydrogen (secondary N) is 2. The molecule has 2 aliphatic rings. The zero-order chi connectivity index (χ0) is 23.3. The Morgan fingerprint density at radius 1 is 1.03 bits per heavy atom. The van der Waals surface area contributed by atoms with Crippen molar-refractivity contribution in [2.75, 3.05) is 13.1 Å². The number of Topliss-reactive ketones (excluding diaryl/α,β-unsaturated/α-hetero) is 1. The van der Waals surface area contributed by atoms with E-state index in [2.05, 4.69) is 21.6 Å². The van der Waals surface area contributed by atoms with Gasteiger partial charge in [-0.2, -0.15) is 5.10 Å². The van der Waals surface area contributed by atoms with Gasteiger partial charge in [-0.05, 0) is 78.0 Å². The number of carbonyl (C=O) groups excluding carboxylic acids is 1. The second kappa shape index (κ2) is 7.95. The van der Waals surface area contributed by atoms with Crippen LogP contribution in [0.3, 0.4) is 0 Å². The molecule has 1 atom stereocenters. The van der Waals surface area contributed by atoms with Gasteiger partial charge in [0.05, 0.1) is 5.69 Å². The van der Waals surface area contributed by atoms with E-state index >= 15 is 0 Å². The number of aromatic amines is 1. The molecule has 6 rings (SSSR count). The number of carbonyl (C=O) groups is 1. The molecule has 1 saturated heterocycles. The molecule has 0 radical (unpaired) electrons. The smallest absolute Gasteiger partial charge is 0.347 e. The first-order valence-electron chi connectivity index (χ1n) is 11.8. The van der Waals surface area contributed by atoms with Gasteiger partial charge in [0.2, 0.25) is 0 Å². The first-order valence-corrected chi connectivity index (χ1v) is 11.8. The Morgan fingerprint density at radius 2 is 1.76 bits per heavy atom. The van der Waals surface area contributed by atoms with Crippen LogP contribution >= 0.6 is 0 Å². The van der Waals surface area contributed by atoms with E-state index in [1.54, 1.807) is 16.7 Å². The van der Waals surface area contributed by atoms with E-state index in [0.717, 1.165) is 53.4 Å². The Bertz CT molecular complexity index is 1440. The van der Waals surface area contributed by atoms with E-state index in [4.69, 9.17) is 0 Å². The minimum atomic E-state index is -0.482. The SMILES string of the molecule is O=C(C1CC1)[C@]1(Cc2n[nH]c(=O)n2-c2ccc(-c3ccc4cc(O)ccc4c3)cc2)CCNC1. The fraction of sp³-hybridized carbons (Fsp3) is 0.296. The molecule has 1 saturated carbocycles. The van der Waals surface area contributed by atoms with Crippen LogP contribution in [0.4, 0.5) is 0 Å². The van der Waals surface area contributed by atoms with Gasteiger partial charge in [-0.3, -0.25) is 4.79 Å². The van der Waals surface area contributed by atoms with Gasteiger partial charge >= 0.3 is 5.69 Å². The van der Waals surface area contributed by atoms with E-state index in [1.807, 2.05) is 42.5 Å². The number of fused-ring (bicyclic) bond motifs is 1. The number of H-pyrrole nitrogens is 1. The molecule has 1 aromatic heterocycles. The molecule has 0 unspecified atom stereocenters. The van der Waals surface area contributed by atoms with Gasteiger partial charge in [0.15, 0.2) is 0 Å². The topological polar surface area (TPSA) is 100 Å². The summed E-state index contributed by atoms with van der Waals surface area (Å²) in [5, 5.41) is 22.0. The van der Waals surface area contributed by atoms with Crippen molar-refractivity contribution in [3.8, 4) is 22.6 Å². The number of aromatic hydroxyl groups is 1. The van der Waals surface area contributed by atoms with E-state index in [-0.39, 0.29) is 17.4 Å². The molecule has 2 heterocycles. The molecule has 34 heavy (non-hydrogen) atoms. The second-order valence-corrected chi connectivity index (χ2v) is 9.60. The van der Waals surface area contributed by atoms with Gasteiger partial charge < -0.3 is 10.4 Å². The number of rotatable bonds is 6. The van der Waals surface area contributed by atoms with Crippen molar-refractivity contribution in [2.45, 2.75) is 25.7 Å². The highest BCUT2D eigenvalue weighted by Gasteiger charge is 2.48. The van der Waals surface area contributed by atoms with Crippen molar-refractivity contribution in [3.63, 3.8) is 0 Å². The Morgan fingerprint density at radius 3 is 2.50 bits per heavy atom. The fourth-order valence-electron chi connectivity index (χ4n) is 5.20. The summed E-state index contributed by atoms with van der Waals surface area (Å²) in [6.07, 6.45) is 3.19. The Hall–Kier alpha value is -3.71. The third kappa shape index (κ3) is 3.62. The lowest BCUT2D eigenvalue weighted by molar-refractivity contribution is -0.129. The lowest BCUT2D eigenvalue weighted by Crippen LogP contribution is -2.38. The number of phenols is 1. The summed E-state index contributed by atoms with van der Waals surface area (Å²) in [5.41, 5.74) is 2.02. The lowest BCUT2D eigenvalue weighted by atomic mass is 9.77. The molecule has 3 N–H and O–H groups in total. The van der Waals surface area contributed by atoms with Crippen LogP contribution in [-0.4, -0.2) is 38.7 Å². The fourth-order valence-corrected chi connectivity index (χ4v) is 5.20. The Kier molecular flexibility index (Phi) is 4.88. The van der Waals surface area contributed by atoms with Gasteiger partial charge in [0.25, 0.3) is 0 Å². The summed E-state index contributed by atoms with van der Waals surface area (Å²) in [6.45, 7) is 1.45. The van der Waals surface area contributed by atoms with Crippen LogP contribution in [0.1, 0.15) is 25.1 Å². The quantitative estimate of drug-likeness (QED) is 0.414. The Labute approximate surface area is 196 Å². The lowest BCUT2D eigenvalue weighted by Gasteiger charge is -2.26. The summed E-state index contributed by atoms with van der Waals surface area (Å²) >= 11 is 0. The first-order chi connectivity index (χ1) is 16.5. The van der Waals surface area contributed by atoms with Crippen LogP contribution in [-0.2, 0) is 11.2 Å². The second-order valence-electron chi connectivity index (χ2n) is 9.60. The molecular formula is C27H26N4O3. The van der Waals surface area contributed by atoms with Crippen molar-refractivity contribution in [1.82, 2.24) is 20.1 Å². The minimum Gasteiger partial charge on any atom is -0.508 e. The number of phenolic OH excluding ortho intramolecular Hbond substituents is 1. The highest BCUT2D eigenvalue weighted by molar-refractivity contribution is 5.90. The molecule has 3 aromatic carbocycles. The number of nitrogens with zero attached hydrogens (tertiary/aromatic N) is 2. The largest absolute Gasteiger partial charge is 0.508 e. The van der Waals surface area contributed by atoms with Gasteiger partial charge in [0.1, 0.15) is 17.4 Å². The molecule has 172 valence electrons. The number of hydrogen-bond acceptors (Lipinski definition) is 5. The van der Waals surface area contributed by atoms with Crippen molar-refractivity contribution < 1.29 is 9.90 Å². The molecule has 0 amide bonds. The molecule has 0 bridgehead atoms. The number of benzene rings is 3. The molecule has 7 nitrogen and oxygen atoms in total. The third-order valence-corrected chi connectivity index (χ3v) is 7.24. The van der Waals surface area contributed by atoms with Crippen LogP contribution < -0.4 is 11.0 Å². The van der Waals surface area contributed by atoms with E-state index in [9.17, 15) is 14.7 Å². The summed E-state index contributed by atoms with van der Waals surface area (Å²) in [6, 6.07) is 19.2. The van der Waals surface area contributed by atoms with Crippen LogP contribution in [0, 0.1) is 11.3 Å². The van der Waals surface area contributed by atoms with Crippen molar-refractivity contribution >= 4 is 16.6 Å². The van der Waals surface area contributed by atoms with Crippen molar-refractivity contribution in [2.24, 2.45) is 11.3 Å². The van der Waals surface area contributed by atoms with Crippen LogP contribution in [0.15, 0.2) is 65.5 Å². The van der Waals surface area contributed by atoms with E-state index in [0.29, 0.717) is 24.6 Å².